The third-order valence-electron chi connectivity index (χ3n) is 3.25. The van der Waals surface area contributed by atoms with Crippen molar-refractivity contribution in [1.82, 2.24) is 15.2 Å². The maximum Gasteiger partial charge on any atom is 0.234 e. The van der Waals surface area contributed by atoms with Gasteiger partial charge in [-0.3, -0.25) is 9.89 Å². The number of thioether (sulfide) groups is 1. The average molecular weight is 372 g/mol. The zero-order valence-electron chi connectivity index (χ0n) is 13.4. The smallest absolute Gasteiger partial charge is 0.234 e. The summed E-state index contributed by atoms with van der Waals surface area (Å²) in [6, 6.07) is 12.7. The van der Waals surface area contributed by atoms with Crippen LogP contribution in [0.5, 0.6) is 0 Å². The Morgan fingerprint density at radius 3 is 2.73 bits per heavy atom. The fourth-order valence-electron chi connectivity index (χ4n) is 2.04. The van der Waals surface area contributed by atoms with Crippen LogP contribution in [0, 0.1) is 11.6 Å². The van der Waals surface area contributed by atoms with Crippen LogP contribution in [0.25, 0.3) is 12.2 Å². The summed E-state index contributed by atoms with van der Waals surface area (Å²) in [7, 11) is 0. The van der Waals surface area contributed by atoms with Crippen LogP contribution < -0.4 is 5.32 Å². The zero-order chi connectivity index (χ0) is 18.4. The third kappa shape index (κ3) is 5.00. The second-order valence-corrected chi connectivity index (χ2v) is 6.15. The molecule has 0 atom stereocenters. The molecule has 1 amide bonds. The summed E-state index contributed by atoms with van der Waals surface area (Å²) < 4.78 is 26.3. The summed E-state index contributed by atoms with van der Waals surface area (Å²) in [6.07, 6.45) is 3.67. The van der Waals surface area contributed by atoms with Crippen LogP contribution in [0.4, 0.5) is 14.5 Å². The van der Waals surface area contributed by atoms with E-state index in [0.717, 1.165) is 23.4 Å². The van der Waals surface area contributed by atoms with Gasteiger partial charge in [-0.05, 0) is 23.8 Å². The van der Waals surface area contributed by atoms with E-state index in [-0.39, 0.29) is 11.4 Å². The van der Waals surface area contributed by atoms with Gasteiger partial charge in [0.25, 0.3) is 0 Å². The van der Waals surface area contributed by atoms with E-state index in [4.69, 9.17) is 0 Å². The summed E-state index contributed by atoms with van der Waals surface area (Å²) in [5, 5.41) is 9.55. The number of nitrogens with one attached hydrogen (secondary N) is 2. The Bertz CT molecular complexity index is 928. The van der Waals surface area contributed by atoms with Gasteiger partial charge in [-0.15, -0.1) is 5.10 Å². The van der Waals surface area contributed by atoms with E-state index in [1.165, 1.54) is 6.07 Å². The predicted octanol–water partition coefficient (Wildman–Crippen LogP) is 3.98. The molecule has 3 rings (SSSR count). The maximum absolute atomic E-state index is 13.5. The first-order chi connectivity index (χ1) is 12.6. The van der Waals surface area contributed by atoms with Gasteiger partial charge >= 0.3 is 0 Å². The molecule has 0 fully saturated rings. The fourth-order valence-corrected chi connectivity index (χ4v) is 2.65. The molecule has 132 valence electrons. The van der Waals surface area contributed by atoms with Crippen molar-refractivity contribution >= 4 is 35.5 Å². The van der Waals surface area contributed by atoms with Gasteiger partial charge in [0.05, 0.1) is 11.4 Å². The van der Waals surface area contributed by atoms with E-state index in [0.29, 0.717) is 17.0 Å². The number of nitrogens with zero attached hydrogens (tertiary/aromatic N) is 2. The lowest BCUT2D eigenvalue weighted by Crippen LogP contribution is -2.15. The molecule has 3 aromatic rings. The molecule has 2 aromatic carbocycles. The predicted molar refractivity (Wildman–Crippen MR) is 97.5 cm³/mol. The van der Waals surface area contributed by atoms with Crippen molar-refractivity contribution in [2.45, 2.75) is 5.16 Å². The SMILES string of the molecule is O=C(CSc1n[nH]c(/C=C/c2ccccc2)n1)Nc1ccc(F)cc1F. The molecule has 2 N–H and O–H groups in total. The normalized spacial score (nSPS) is 11.0. The Hall–Kier alpha value is -3.00. The van der Waals surface area contributed by atoms with Gasteiger partial charge in [0, 0.05) is 6.07 Å². The highest BCUT2D eigenvalue weighted by Crippen LogP contribution is 2.17. The number of aromatic nitrogens is 3. The van der Waals surface area contributed by atoms with E-state index < -0.39 is 17.5 Å². The molecule has 0 aliphatic rings. The van der Waals surface area contributed by atoms with Crippen LogP contribution in [0.1, 0.15) is 11.4 Å². The Balaban J connectivity index is 1.53. The van der Waals surface area contributed by atoms with Crippen molar-refractivity contribution in [3.05, 3.63) is 71.6 Å². The number of benzene rings is 2. The second kappa shape index (κ2) is 8.39. The number of aromatic amines is 1. The molecule has 5 nitrogen and oxygen atoms in total. The first kappa shape index (κ1) is 17.8. The Morgan fingerprint density at radius 1 is 1.15 bits per heavy atom. The summed E-state index contributed by atoms with van der Waals surface area (Å²) >= 11 is 1.10. The van der Waals surface area contributed by atoms with Gasteiger partial charge in [0.15, 0.2) is 0 Å². The molecule has 0 aliphatic heterocycles. The summed E-state index contributed by atoms with van der Waals surface area (Å²) in [4.78, 5) is 16.1. The topological polar surface area (TPSA) is 70.7 Å². The van der Waals surface area contributed by atoms with E-state index >= 15 is 0 Å². The summed E-state index contributed by atoms with van der Waals surface area (Å²) in [6.45, 7) is 0. The van der Waals surface area contributed by atoms with Gasteiger partial charge in [-0.25, -0.2) is 13.8 Å². The zero-order valence-corrected chi connectivity index (χ0v) is 14.3. The number of hydrogen-bond donors (Lipinski definition) is 2. The number of rotatable bonds is 6. The van der Waals surface area contributed by atoms with Crippen molar-refractivity contribution in [2.75, 3.05) is 11.1 Å². The number of H-pyrrole nitrogens is 1. The molecule has 0 bridgehead atoms. The van der Waals surface area contributed by atoms with Crippen LogP contribution in [0.2, 0.25) is 0 Å². The maximum atomic E-state index is 13.5. The largest absolute Gasteiger partial charge is 0.323 e. The van der Waals surface area contributed by atoms with Crippen molar-refractivity contribution in [3.63, 3.8) is 0 Å². The van der Waals surface area contributed by atoms with Gasteiger partial charge in [-0.1, -0.05) is 48.2 Å². The van der Waals surface area contributed by atoms with Gasteiger partial charge < -0.3 is 5.32 Å². The highest BCUT2D eigenvalue weighted by Gasteiger charge is 2.10. The minimum Gasteiger partial charge on any atom is -0.323 e. The molecule has 0 aliphatic carbocycles. The van der Waals surface area contributed by atoms with Crippen LogP contribution in [0.15, 0.2) is 53.7 Å². The number of amides is 1. The first-order valence-electron chi connectivity index (χ1n) is 7.63. The molecule has 1 aromatic heterocycles. The lowest BCUT2D eigenvalue weighted by Gasteiger charge is -2.05. The Labute approximate surface area is 152 Å². The average Bonchev–Trinajstić information content (AvgIpc) is 3.09. The summed E-state index contributed by atoms with van der Waals surface area (Å²) in [5.41, 5.74) is 0.956. The quantitative estimate of drug-likeness (QED) is 0.642. The first-order valence-corrected chi connectivity index (χ1v) is 8.62. The molecule has 0 spiro atoms. The van der Waals surface area contributed by atoms with Crippen LogP contribution in [-0.2, 0) is 4.79 Å². The molecular formula is C18H14F2N4OS. The molecular weight excluding hydrogens is 358 g/mol. The molecule has 26 heavy (non-hydrogen) atoms. The minimum absolute atomic E-state index is 0.00346. The monoisotopic (exact) mass is 372 g/mol. The number of carbonyl (C=O) groups excluding carboxylic acids is 1. The fraction of sp³-hybridized carbons (Fsp3) is 0.0556. The second-order valence-electron chi connectivity index (χ2n) is 5.21. The van der Waals surface area contributed by atoms with Gasteiger partial charge in [-0.2, -0.15) is 0 Å². The van der Waals surface area contributed by atoms with E-state index in [1.54, 1.807) is 6.08 Å². The highest BCUT2D eigenvalue weighted by atomic mass is 32.2. The number of anilines is 1. The van der Waals surface area contributed by atoms with Crippen LogP contribution >= 0.6 is 11.8 Å². The molecule has 0 unspecified atom stereocenters. The molecule has 8 heteroatoms. The Kier molecular flexibility index (Phi) is 5.75. The van der Waals surface area contributed by atoms with Crippen LogP contribution in [-0.4, -0.2) is 26.8 Å². The van der Waals surface area contributed by atoms with Crippen molar-refractivity contribution in [3.8, 4) is 0 Å². The van der Waals surface area contributed by atoms with Crippen molar-refractivity contribution in [2.24, 2.45) is 0 Å². The molecule has 1 heterocycles. The Morgan fingerprint density at radius 2 is 1.96 bits per heavy atom. The summed E-state index contributed by atoms with van der Waals surface area (Å²) in [5.74, 6) is -1.41. The minimum atomic E-state index is -0.824. The van der Waals surface area contributed by atoms with Gasteiger partial charge in [0.1, 0.15) is 17.5 Å². The number of carbonyl (C=O) groups is 1. The van der Waals surface area contributed by atoms with Gasteiger partial charge in [0.2, 0.25) is 11.1 Å². The molecule has 0 saturated heterocycles. The lowest BCUT2D eigenvalue weighted by atomic mass is 10.2. The standard InChI is InChI=1S/C18H14F2N4OS/c19-13-7-8-15(14(20)10-13)21-17(25)11-26-18-22-16(23-24-18)9-6-12-4-2-1-3-5-12/h1-10H,11H2,(H,21,25)(H,22,23,24)/b9-6+. The highest BCUT2D eigenvalue weighted by molar-refractivity contribution is 7.99. The number of halogens is 2. The van der Waals surface area contributed by atoms with E-state index in [2.05, 4.69) is 20.5 Å². The molecule has 0 saturated carbocycles. The third-order valence-corrected chi connectivity index (χ3v) is 4.10. The van der Waals surface area contributed by atoms with Crippen molar-refractivity contribution in [1.29, 1.82) is 0 Å². The lowest BCUT2D eigenvalue weighted by molar-refractivity contribution is -0.113. The van der Waals surface area contributed by atoms with E-state index in [1.807, 2.05) is 36.4 Å². The van der Waals surface area contributed by atoms with Crippen LogP contribution in [0.3, 0.4) is 0 Å². The molecule has 0 radical (unpaired) electrons. The van der Waals surface area contributed by atoms with E-state index in [9.17, 15) is 13.6 Å². The number of hydrogen-bond acceptors (Lipinski definition) is 4. The van der Waals surface area contributed by atoms with Crippen molar-refractivity contribution < 1.29 is 13.6 Å².